The van der Waals surface area contributed by atoms with Crippen LogP contribution in [0.5, 0.6) is 11.5 Å². The molecule has 198 valence electrons. The van der Waals surface area contributed by atoms with Gasteiger partial charge in [-0.1, -0.05) is 45.0 Å². The largest absolute Gasteiger partial charge is 0.457 e. The molecule has 4 aromatic rings. The Hall–Kier alpha value is -4.71. The third-order valence-electron chi connectivity index (χ3n) is 6.62. The molecule has 0 aliphatic carbocycles. The van der Waals surface area contributed by atoms with Gasteiger partial charge in [-0.25, -0.2) is 14.6 Å². The molecule has 2 aromatic heterocycles. The number of ether oxygens (including phenoxy) is 1. The summed E-state index contributed by atoms with van der Waals surface area (Å²) in [4.78, 5) is 23.8. The fraction of sp³-hybridized carbons (Fsp3) is 0.300. The van der Waals surface area contributed by atoms with Crippen LogP contribution in [0.15, 0.2) is 72.6 Å². The highest BCUT2D eigenvalue weighted by atomic mass is 16.5. The molecule has 1 fully saturated rings. The molecule has 0 bridgehead atoms. The van der Waals surface area contributed by atoms with Gasteiger partial charge in [0.2, 0.25) is 0 Å². The number of para-hydroxylation sites is 1. The molecule has 0 spiro atoms. The van der Waals surface area contributed by atoms with E-state index in [1.807, 2.05) is 75.4 Å². The molecule has 1 aliphatic rings. The number of hydrogen-bond donors (Lipinski definition) is 1. The van der Waals surface area contributed by atoms with Gasteiger partial charge in [0.1, 0.15) is 41.0 Å². The molecule has 1 atom stereocenters. The average Bonchev–Trinajstić information content (AvgIpc) is 3.53. The summed E-state index contributed by atoms with van der Waals surface area (Å²) in [6.07, 6.45) is 4.83. The number of rotatable bonds is 6. The maximum atomic E-state index is 13.3. The first-order chi connectivity index (χ1) is 18.7. The van der Waals surface area contributed by atoms with Gasteiger partial charge in [-0.3, -0.25) is 4.79 Å². The molecule has 3 heterocycles. The van der Waals surface area contributed by atoms with Gasteiger partial charge in [-0.2, -0.15) is 10.4 Å². The van der Waals surface area contributed by atoms with Crippen LogP contribution in [-0.4, -0.2) is 43.1 Å². The minimum atomic E-state index is -0.279. The van der Waals surface area contributed by atoms with E-state index in [1.165, 1.54) is 6.33 Å². The molecule has 0 radical (unpaired) electrons. The van der Waals surface area contributed by atoms with Gasteiger partial charge in [-0.05, 0) is 54.7 Å². The molecule has 39 heavy (non-hydrogen) atoms. The Labute approximate surface area is 227 Å². The zero-order valence-electron chi connectivity index (χ0n) is 22.3. The first kappa shape index (κ1) is 25.9. The second-order valence-electron chi connectivity index (χ2n) is 10.8. The van der Waals surface area contributed by atoms with E-state index in [4.69, 9.17) is 15.6 Å². The maximum Gasteiger partial charge on any atom is 0.264 e. The zero-order chi connectivity index (χ0) is 27.6. The molecule has 5 rings (SSSR count). The molecular formula is C30H31N7O2. The standard InChI is InChI=1S/C30H31N7O2/c1-30(2,3)16-21(17-31)29(38)36-15-7-8-22(36)18-37-28-25(27(32)33-19-34-28)26(35-37)20-11-13-24(14-12-20)39-23-9-5-4-6-10-23/h4-6,9-14,16,19,22H,7-8,15,18H2,1-3H3,(H2,32,33,34)/b21-16+/t22-/m1/s1. The van der Waals surface area contributed by atoms with Crippen molar-refractivity contribution in [3.05, 3.63) is 72.6 Å². The van der Waals surface area contributed by atoms with Gasteiger partial charge in [0.05, 0.1) is 18.0 Å². The van der Waals surface area contributed by atoms with E-state index in [-0.39, 0.29) is 22.9 Å². The Morgan fingerprint density at radius 2 is 1.85 bits per heavy atom. The number of carbonyl (C=O) groups is 1. The summed E-state index contributed by atoms with van der Waals surface area (Å²) >= 11 is 0. The van der Waals surface area contributed by atoms with Crippen molar-refractivity contribution < 1.29 is 9.53 Å². The highest BCUT2D eigenvalue weighted by Crippen LogP contribution is 2.33. The third-order valence-corrected chi connectivity index (χ3v) is 6.62. The number of hydrogen-bond acceptors (Lipinski definition) is 7. The topological polar surface area (TPSA) is 123 Å². The second-order valence-corrected chi connectivity index (χ2v) is 10.8. The van der Waals surface area contributed by atoms with Gasteiger partial charge in [0, 0.05) is 12.1 Å². The van der Waals surface area contributed by atoms with E-state index in [2.05, 4.69) is 16.0 Å². The van der Waals surface area contributed by atoms with Crippen LogP contribution in [-0.2, 0) is 11.3 Å². The Balaban J connectivity index is 1.44. The van der Waals surface area contributed by atoms with Crippen LogP contribution in [0.1, 0.15) is 33.6 Å². The zero-order valence-corrected chi connectivity index (χ0v) is 22.3. The average molecular weight is 522 g/mol. The van der Waals surface area contributed by atoms with Crippen molar-refractivity contribution in [3.63, 3.8) is 0 Å². The van der Waals surface area contributed by atoms with Crippen LogP contribution in [0.3, 0.4) is 0 Å². The summed E-state index contributed by atoms with van der Waals surface area (Å²) < 4.78 is 7.73. The lowest BCUT2D eigenvalue weighted by Gasteiger charge is -2.25. The fourth-order valence-electron chi connectivity index (χ4n) is 4.89. The SMILES string of the molecule is CC(C)(C)/C=C(\C#N)C(=O)N1CCC[C@@H]1Cn1nc(-c2ccc(Oc3ccccc3)cc2)c2c(N)ncnc21. The van der Waals surface area contributed by atoms with E-state index in [0.717, 1.165) is 24.2 Å². The van der Waals surface area contributed by atoms with E-state index < -0.39 is 0 Å². The Kier molecular flexibility index (Phi) is 7.03. The van der Waals surface area contributed by atoms with E-state index in [0.29, 0.717) is 41.4 Å². The van der Waals surface area contributed by atoms with Crippen LogP contribution >= 0.6 is 0 Å². The quantitative estimate of drug-likeness (QED) is 0.268. The second kappa shape index (κ2) is 10.6. The molecular weight excluding hydrogens is 490 g/mol. The lowest BCUT2D eigenvalue weighted by Crippen LogP contribution is -2.39. The van der Waals surface area contributed by atoms with Gasteiger partial charge >= 0.3 is 0 Å². The van der Waals surface area contributed by atoms with Crippen molar-refractivity contribution in [1.82, 2.24) is 24.6 Å². The maximum absolute atomic E-state index is 13.3. The van der Waals surface area contributed by atoms with Crippen LogP contribution in [0.4, 0.5) is 5.82 Å². The van der Waals surface area contributed by atoms with E-state index >= 15 is 0 Å². The number of allylic oxidation sites excluding steroid dienone is 1. The van der Waals surface area contributed by atoms with Crippen molar-refractivity contribution in [3.8, 4) is 28.8 Å². The lowest BCUT2D eigenvalue weighted by molar-refractivity contribution is -0.127. The monoisotopic (exact) mass is 521 g/mol. The summed E-state index contributed by atoms with van der Waals surface area (Å²) in [5, 5.41) is 15.2. The lowest BCUT2D eigenvalue weighted by atomic mass is 9.93. The van der Waals surface area contributed by atoms with Gasteiger partial charge in [0.25, 0.3) is 5.91 Å². The van der Waals surface area contributed by atoms with Crippen LogP contribution in [0.25, 0.3) is 22.3 Å². The van der Waals surface area contributed by atoms with Gasteiger partial charge in [-0.15, -0.1) is 0 Å². The van der Waals surface area contributed by atoms with Crippen molar-refractivity contribution in [1.29, 1.82) is 5.26 Å². The summed E-state index contributed by atoms with van der Waals surface area (Å²) in [5.74, 6) is 1.56. The van der Waals surface area contributed by atoms with Crippen LogP contribution < -0.4 is 10.5 Å². The van der Waals surface area contributed by atoms with Crippen LogP contribution in [0.2, 0.25) is 0 Å². The molecule has 1 aliphatic heterocycles. The van der Waals surface area contributed by atoms with Crippen molar-refractivity contribution in [2.45, 2.75) is 46.2 Å². The molecule has 9 heteroatoms. The number of nitrogen functional groups attached to an aromatic ring is 1. The number of nitrogens with zero attached hydrogens (tertiary/aromatic N) is 6. The first-order valence-electron chi connectivity index (χ1n) is 13.0. The normalized spacial score (nSPS) is 15.9. The van der Waals surface area contributed by atoms with Gasteiger partial charge in [0.15, 0.2) is 5.65 Å². The molecule has 0 saturated carbocycles. The number of aromatic nitrogens is 4. The summed E-state index contributed by atoms with van der Waals surface area (Å²) in [5.41, 5.74) is 8.31. The Bertz CT molecular complexity index is 1560. The predicted molar refractivity (Wildman–Crippen MR) is 150 cm³/mol. The molecule has 2 aromatic carbocycles. The van der Waals surface area contributed by atoms with Crippen molar-refractivity contribution >= 4 is 22.8 Å². The Morgan fingerprint density at radius 3 is 2.54 bits per heavy atom. The Morgan fingerprint density at radius 1 is 1.13 bits per heavy atom. The highest BCUT2D eigenvalue weighted by Gasteiger charge is 2.32. The first-order valence-corrected chi connectivity index (χ1v) is 13.0. The molecule has 1 saturated heterocycles. The van der Waals surface area contributed by atoms with E-state index in [9.17, 15) is 10.1 Å². The van der Waals surface area contributed by atoms with Crippen LogP contribution in [0, 0.1) is 16.7 Å². The fourth-order valence-corrected chi connectivity index (χ4v) is 4.89. The molecule has 0 unspecified atom stereocenters. The minimum absolute atomic E-state index is 0.122. The number of nitrogens with two attached hydrogens (primary N) is 1. The highest BCUT2D eigenvalue weighted by molar-refractivity contribution is 5.99. The van der Waals surface area contributed by atoms with E-state index in [1.54, 1.807) is 15.7 Å². The third kappa shape index (κ3) is 5.60. The van der Waals surface area contributed by atoms with Crippen molar-refractivity contribution in [2.24, 2.45) is 5.41 Å². The van der Waals surface area contributed by atoms with Gasteiger partial charge < -0.3 is 15.4 Å². The predicted octanol–water partition coefficient (Wildman–Crippen LogP) is 5.35. The van der Waals surface area contributed by atoms with Crippen molar-refractivity contribution in [2.75, 3.05) is 12.3 Å². The molecule has 1 amide bonds. The minimum Gasteiger partial charge on any atom is -0.457 e. The molecule has 9 nitrogen and oxygen atoms in total. The molecule has 2 N–H and O–H groups in total. The number of likely N-dealkylation sites (tertiary alicyclic amines) is 1. The smallest absolute Gasteiger partial charge is 0.264 e. The number of amides is 1. The number of benzene rings is 2. The number of anilines is 1. The number of fused-ring (bicyclic) bond motifs is 1. The summed E-state index contributed by atoms with van der Waals surface area (Å²) in [6.45, 7) is 6.95. The number of nitriles is 1. The summed E-state index contributed by atoms with van der Waals surface area (Å²) in [6, 6.07) is 19.2. The summed E-state index contributed by atoms with van der Waals surface area (Å²) in [7, 11) is 0. The number of carbonyl (C=O) groups excluding carboxylic acids is 1.